The lowest BCUT2D eigenvalue weighted by Crippen LogP contribution is -2.00. The standard InChI is InChI=1S/C14H12N6O/c1-21-11-8-18-13(9-2-5-16-6-3-9)20-12(11)10-4-7-17-14(15)19-10/h2-8H,1H3,(H2,15,17,19). The van der Waals surface area contributed by atoms with Gasteiger partial charge >= 0.3 is 0 Å². The summed E-state index contributed by atoms with van der Waals surface area (Å²) < 4.78 is 5.29. The van der Waals surface area contributed by atoms with Gasteiger partial charge in [0.25, 0.3) is 0 Å². The van der Waals surface area contributed by atoms with Crippen molar-refractivity contribution in [3.05, 3.63) is 43.0 Å². The summed E-state index contributed by atoms with van der Waals surface area (Å²) in [5.41, 5.74) is 7.62. The SMILES string of the molecule is COc1cnc(-c2ccncc2)nc1-c1ccnc(N)n1. The average Bonchev–Trinajstić information content (AvgIpc) is 2.55. The number of anilines is 1. The Morgan fingerprint density at radius 1 is 1.00 bits per heavy atom. The third kappa shape index (κ3) is 2.62. The molecule has 2 N–H and O–H groups in total. The molecular formula is C14H12N6O. The van der Waals surface area contributed by atoms with Crippen molar-refractivity contribution >= 4 is 5.95 Å². The van der Waals surface area contributed by atoms with Crippen molar-refractivity contribution < 1.29 is 4.74 Å². The Hall–Kier alpha value is -3.09. The highest BCUT2D eigenvalue weighted by molar-refractivity contribution is 5.66. The van der Waals surface area contributed by atoms with E-state index in [0.717, 1.165) is 5.56 Å². The van der Waals surface area contributed by atoms with E-state index in [1.807, 2.05) is 12.1 Å². The number of rotatable bonds is 3. The molecule has 0 spiro atoms. The molecule has 7 heteroatoms. The van der Waals surface area contributed by atoms with Crippen molar-refractivity contribution in [3.8, 4) is 28.5 Å². The highest BCUT2D eigenvalue weighted by Crippen LogP contribution is 2.28. The van der Waals surface area contributed by atoms with E-state index in [1.165, 1.54) is 0 Å². The first-order valence-corrected chi connectivity index (χ1v) is 6.18. The van der Waals surface area contributed by atoms with Crippen molar-refractivity contribution in [1.82, 2.24) is 24.9 Å². The van der Waals surface area contributed by atoms with Crippen molar-refractivity contribution in [2.75, 3.05) is 12.8 Å². The van der Waals surface area contributed by atoms with Crippen LogP contribution in [0.4, 0.5) is 5.95 Å². The maximum atomic E-state index is 5.62. The molecule has 0 bridgehead atoms. The minimum atomic E-state index is 0.179. The number of pyridine rings is 1. The zero-order valence-corrected chi connectivity index (χ0v) is 11.3. The third-order valence-electron chi connectivity index (χ3n) is 2.83. The molecule has 0 saturated heterocycles. The molecule has 0 aliphatic heterocycles. The van der Waals surface area contributed by atoms with Crippen molar-refractivity contribution in [3.63, 3.8) is 0 Å². The number of methoxy groups -OCH3 is 1. The maximum absolute atomic E-state index is 5.62. The number of hydrogen-bond donors (Lipinski definition) is 1. The zero-order chi connectivity index (χ0) is 14.7. The quantitative estimate of drug-likeness (QED) is 0.777. The summed E-state index contributed by atoms with van der Waals surface area (Å²) in [6, 6.07) is 5.39. The lowest BCUT2D eigenvalue weighted by molar-refractivity contribution is 0.412. The van der Waals surface area contributed by atoms with Crippen molar-refractivity contribution in [2.45, 2.75) is 0 Å². The Labute approximate surface area is 120 Å². The van der Waals surface area contributed by atoms with Gasteiger partial charge in [-0.2, -0.15) is 0 Å². The van der Waals surface area contributed by atoms with Gasteiger partial charge in [-0.3, -0.25) is 4.98 Å². The maximum Gasteiger partial charge on any atom is 0.220 e. The first-order chi connectivity index (χ1) is 10.3. The minimum absolute atomic E-state index is 0.179. The lowest BCUT2D eigenvalue weighted by Gasteiger charge is -2.08. The molecule has 0 atom stereocenters. The van der Waals surface area contributed by atoms with Gasteiger partial charge in [0.2, 0.25) is 5.95 Å². The Balaban J connectivity index is 2.14. The van der Waals surface area contributed by atoms with Crippen LogP contribution >= 0.6 is 0 Å². The fourth-order valence-corrected chi connectivity index (χ4v) is 1.85. The van der Waals surface area contributed by atoms with E-state index < -0.39 is 0 Å². The van der Waals surface area contributed by atoms with Gasteiger partial charge in [0.05, 0.1) is 19.0 Å². The lowest BCUT2D eigenvalue weighted by atomic mass is 10.2. The Bertz CT molecular complexity index is 762. The fourth-order valence-electron chi connectivity index (χ4n) is 1.85. The number of ether oxygens (including phenoxy) is 1. The first-order valence-electron chi connectivity index (χ1n) is 6.18. The fraction of sp³-hybridized carbons (Fsp3) is 0.0714. The number of nitrogens with zero attached hydrogens (tertiary/aromatic N) is 5. The van der Waals surface area contributed by atoms with Gasteiger partial charge in [0, 0.05) is 24.2 Å². The molecule has 0 saturated carbocycles. The normalized spacial score (nSPS) is 10.3. The van der Waals surface area contributed by atoms with Gasteiger partial charge in [-0.1, -0.05) is 0 Å². The van der Waals surface area contributed by atoms with Crippen LogP contribution in [0.5, 0.6) is 5.75 Å². The molecule has 3 rings (SSSR count). The van der Waals surface area contributed by atoms with Crippen molar-refractivity contribution in [2.24, 2.45) is 0 Å². The molecule has 0 fully saturated rings. The van der Waals surface area contributed by atoms with Gasteiger partial charge < -0.3 is 10.5 Å². The highest BCUT2D eigenvalue weighted by Gasteiger charge is 2.13. The molecular weight excluding hydrogens is 268 g/mol. The second kappa shape index (κ2) is 5.49. The molecule has 3 aromatic rings. The van der Waals surface area contributed by atoms with Gasteiger partial charge in [-0.25, -0.2) is 19.9 Å². The number of aromatic nitrogens is 5. The van der Waals surface area contributed by atoms with E-state index in [1.54, 1.807) is 38.0 Å². The third-order valence-corrected chi connectivity index (χ3v) is 2.83. The minimum Gasteiger partial charge on any atom is -0.493 e. The van der Waals surface area contributed by atoms with E-state index in [0.29, 0.717) is 23.0 Å². The summed E-state index contributed by atoms with van der Waals surface area (Å²) in [6.07, 6.45) is 6.55. The van der Waals surface area contributed by atoms with E-state index in [4.69, 9.17) is 10.5 Å². The van der Waals surface area contributed by atoms with E-state index in [9.17, 15) is 0 Å². The second-order valence-electron chi connectivity index (χ2n) is 4.15. The van der Waals surface area contributed by atoms with Crippen LogP contribution in [0, 0.1) is 0 Å². The smallest absolute Gasteiger partial charge is 0.220 e. The van der Waals surface area contributed by atoms with Crippen LogP contribution in [0.15, 0.2) is 43.0 Å². The van der Waals surface area contributed by atoms with Crippen LogP contribution in [0.1, 0.15) is 0 Å². The van der Waals surface area contributed by atoms with Crippen LogP contribution < -0.4 is 10.5 Å². The Kier molecular flexibility index (Phi) is 3.38. The van der Waals surface area contributed by atoms with Gasteiger partial charge in [0.1, 0.15) is 5.69 Å². The van der Waals surface area contributed by atoms with Crippen molar-refractivity contribution in [1.29, 1.82) is 0 Å². The van der Waals surface area contributed by atoms with Gasteiger partial charge in [-0.05, 0) is 18.2 Å². The van der Waals surface area contributed by atoms with Crippen LogP contribution in [-0.2, 0) is 0 Å². The molecule has 0 radical (unpaired) electrons. The number of hydrogen-bond acceptors (Lipinski definition) is 7. The number of nitrogens with two attached hydrogens (primary N) is 1. The van der Waals surface area contributed by atoms with Crippen LogP contribution in [-0.4, -0.2) is 32.0 Å². The monoisotopic (exact) mass is 280 g/mol. The second-order valence-corrected chi connectivity index (χ2v) is 4.15. The summed E-state index contributed by atoms with van der Waals surface area (Å²) in [7, 11) is 1.55. The Morgan fingerprint density at radius 2 is 1.81 bits per heavy atom. The van der Waals surface area contributed by atoms with E-state index in [2.05, 4.69) is 24.9 Å². The van der Waals surface area contributed by atoms with Gasteiger partial charge in [0.15, 0.2) is 11.6 Å². The largest absolute Gasteiger partial charge is 0.493 e. The van der Waals surface area contributed by atoms with E-state index in [-0.39, 0.29) is 5.95 Å². The van der Waals surface area contributed by atoms with Crippen LogP contribution in [0.25, 0.3) is 22.8 Å². The summed E-state index contributed by atoms with van der Waals surface area (Å²) in [5.74, 6) is 1.26. The molecule has 7 nitrogen and oxygen atoms in total. The van der Waals surface area contributed by atoms with Crippen LogP contribution in [0.2, 0.25) is 0 Å². The zero-order valence-electron chi connectivity index (χ0n) is 11.3. The molecule has 3 heterocycles. The average molecular weight is 280 g/mol. The molecule has 0 unspecified atom stereocenters. The molecule has 0 aliphatic rings. The molecule has 0 amide bonds. The predicted octanol–water partition coefficient (Wildman–Crippen LogP) is 1.59. The summed E-state index contributed by atoms with van der Waals surface area (Å²) >= 11 is 0. The molecule has 21 heavy (non-hydrogen) atoms. The molecule has 0 aliphatic carbocycles. The molecule has 104 valence electrons. The molecule has 3 aromatic heterocycles. The highest BCUT2D eigenvalue weighted by atomic mass is 16.5. The predicted molar refractivity (Wildman–Crippen MR) is 77.3 cm³/mol. The topological polar surface area (TPSA) is 99.7 Å². The Morgan fingerprint density at radius 3 is 2.52 bits per heavy atom. The van der Waals surface area contributed by atoms with E-state index >= 15 is 0 Å². The summed E-state index contributed by atoms with van der Waals surface area (Å²) in [5, 5.41) is 0. The summed E-state index contributed by atoms with van der Waals surface area (Å²) in [4.78, 5) is 20.8. The van der Waals surface area contributed by atoms with Gasteiger partial charge in [-0.15, -0.1) is 0 Å². The van der Waals surface area contributed by atoms with Crippen LogP contribution in [0.3, 0.4) is 0 Å². The summed E-state index contributed by atoms with van der Waals surface area (Å²) in [6.45, 7) is 0. The molecule has 0 aromatic carbocycles. The number of nitrogen functional groups attached to an aromatic ring is 1. The first kappa shape index (κ1) is 12.9.